The fourth-order valence-electron chi connectivity index (χ4n) is 1.61. The van der Waals surface area contributed by atoms with Crippen molar-refractivity contribution in [3.63, 3.8) is 0 Å². The molecule has 0 aliphatic carbocycles. The van der Waals surface area contributed by atoms with Gasteiger partial charge in [0, 0.05) is 5.41 Å². The van der Waals surface area contributed by atoms with Crippen LogP contribution in [0.3, 0.4) is 0 Å². The molecule has 14 heavy (non-hydrogen) atoms. The Morgan fingerprint density at radius 3 is 2.36 bits per heavy atom. The molecule has 0 saturated heterocycles. The second-order valence-electron chi connectivity index (χ2n) is 4.43. The van der Waals surface area contributed by atoms with E-state index in [0.29, 0.717) is 0 Å². The Bertz CT molecular complexity index is 153. The van der Waals surface area contributed by atoms with Gasteiger partial charge in [-0.05, 0) is 12.8 Å². The van der Waals surface area contributed by atoms with Gasteiger partial charge < -0.3 is 5.11 Å². The SMILES string of the molecule is C=C[C@](C)(CC)[C@H](O)CCCCCC. The molecular formula is C13H26O. The van der Waals surface area contributed by atoms with Crippen molar-refractivity contribution in [1.82, 2.24) is 0 Å². The van der Waals surface area contributed by atoms with Crippen molar-refractivity contribution in [1.29, 1.82) is 0 Å². The van der Waals surface area contributed by atoms with Gasteiger partial charge in [0.15, 0.2) is 0 Å². The van der Waals surface area contributed by atoms with Crippen LogP contribution in [0.1, 0.15) is 59.3 Å². The van der Waals surface area contributed by atoms with Gasteiger partial charge in [0.05, 0.1) is 6.10 Å². The van der Waals surface area contributed by atoms with Crippen molar-refractivity contribution in [2.75, 3.05) is 0 Å². The molecule has 0 aromatic carbocycles. The first-order valence-corrected chi connectivity index (χ1v) is 5.92. The monoisotopic (exact) mass is 198 g/mol. The van der Waals surface area contributed by atoms with Crippen molar-refractivity contribution in [2.45, 2.75) is 65.4 Å². The second kappa shape index (κ2) is 7.05. The number of hydrogen-bond acceptors (Lipinski definition) is 1. The molecule has 2 atom stereocenters. The molecule has 0 saturated carbocycles. The lowest BCUT2D eigenvalue weighted by Crippen LogP contribution is -2.29. The summed E-state index contributed by atoms with van der Waals surface area (Å²) < 4.78 is 0. The third kappa shape index (κ3) is 4.28. The van der Waals surface area contributed by atoms with Crippen LogP contribution in [-0.2, 0) is 0 Å². The molecule has 0 heterocycles. The maximum absolute atomic E-state index is 10.00. The second-order valence-corrected chi connectivity index (χ2v) is 4.43. The van der Waals surface area contributed by atoms with Gasteiger partial charge in [-0.15, -0.1) is 6.58 Å². The summed E-state index contributed by atoms with van der Waals surface area (Å²) >= 11 is 0. The van der Waals surface area contributed by atoms with Crippen molar-refractivity contribution in [3.8, 4) is 0 Å². The lowest BCUT2D eigenvalue weighted by Gasteiger charge is -2.30. The Morgan fingerprint density at radius 2 is 1.93 bits per heavy atom. The molecule has 0 aromatic rings. The lowest BCUT2D eigenvalue weighted by molar-refractivity contribution is 0.0578. The number of aliphatic hydroxyl groups excluding tert-OH is 1. The Kier molecular flexibility index (Phi) is 6.90. The van der Waals surface area contributed by atoms with E-state index < -0.39 is 0 Å². The summed E-state index contributed by atoms with van der Waals surface area (Å²) in [6.07, 6.45) is 8.47. The van der Waals surface area contributed by atoms with Crippen LogP contribution in [0.15, 0.2) is 12.7 Å². The fraction of sp³-hybridized carbons (Fsp3) is 0.846. The van der Waals surface area contributed by atoms with Crippen LogP contribution in [0.2, 0.25) is 0 Å². The summed E-state index contributed by atoms with van der Waals surface area (Å²) in [5.74, 6) is 0. The average molecular weight is 198 g/mol. The number of unbranched alkanes of at least 4 members (excludes halogenated alkanes) is 3. The Morgan fingerprint density at radius 1 is 1.29 bits per heavy atom. The highest BCUT2D eigenvalue weighted by Gasteiger charge is 2.26. The van der Waals surface area contributed by atoms with E-state index in [9.17, 15) is 5.11 Å². The summed E-state index contributed by atoms with van der Waals surface area (Å²) in [7, 11) is 0. The van der Waals surface area contributed by atoms with E-state index in [1.807, 2.05) is 6.08 Å². The number of rotatable bonds is 8. The van der Waals surface area contributed by atoms with Crippen LogP contribution in [-0.4, -0.2) is 11.2 Å². The molecule has 1 N–H and O–H groups in total. The maximum atomic E-state index is 10.00. The molecule has 0 rings (SSSR count). The van der Waals surface area contributed by atoms with Crippen LogP contribution in [0, 0.1) is 5.41 Å². The molecule has 1 heteroatoms. The van der Waals surface area contributed by atoms with Crippen molar-refractivity contribution >= 4 is 0 Å². The maximum Gasteiger partial charge on any atom is 0.0628 e. The van der Waals surface area contributed by atoms with Gasteiger partial charge in [0.2, 0.25) is 0 Å². The number of hydrogen-bond donors (Lipinski definition) is 1. The highest BCUT2D eigenvalue weighted by atomic mass is 16.3. The zero-order valence-electron chi connectivity index (χ0n) is 10.1. The van der Waals surface area contributed by atoms with Gasteiger partial charge in [-0.2, -0.15) is 0 Å². The van der Waals surface area contributed by atoms with Gasteiger partial charge in [0.1, 0.15) is 0 Å². The van der Waals surface area contributed by atoms with E-state index in [0.717, 1.165) is 19.3 Å². The topological polar surface area (TPSA) is 20.2 Å². The zero-order valence-corrected chi connectivity index (χ0v) is 10.1. The largest absolute Gasteiger partial charge is 0.392 e. The van der Waals surface area contributed by atoms with Crippen LogP contribution < -0.4 is 0 Å². The lowest BCUT2D eigenvalue weighted by atomic mass is 9.79. The van der Waals surface area contributed by atoms with E-state index in [4.69, 9.17) is 0 Å². The van der Waals surface area contributed by atoms with Gasteiger partial charge in [-0.3, -0.25) is 0 Å². The van der Waals surface area contributed by atoms with Crippen molar-refractivity contribution < 1.29 is 5.11 Å². The van der Waals surface area contributed by atoms with E-state index in [1.165, 1.54) is 19.3 Å². The first-order chi connectivity index (χ1) is 6.60. The van der Waals surface area contributed by atoms with Gasteiger partial charge in [0.25, 0.3) is 0 Å². The summed E-state index contributed by atoms with van der Waals surface area (Å²) in [4.78, 5) is 0. The summed E-state index contributed by atoms with van der Waals surface area (Å²) in [6, 6.07) is 0. The average Bonchev–Trinajstić information content (AvgIpc) is 2.22. The minimum atomic E-state index is -0.221. The molecule has 0 amide bonds. The molecule has 0 aliphatic heterocycles. The molecule has 0 fully saturated rings. The zero-order chi connectivity index (χ0) is 11.0. The molecule has 0 aromatic heterocycles. The minimum absolute atomic E-state index is 0.0911. The predicted octanol–water partition coefficient (Wildman–Crippen LogP) is 3.92. The summed E-state index contributed by atoms with van der Waals surface area (Å²) in [5.41, 5.74) is -0.0911. The van der Waals surface area contributed by atoms with Crippen LogP contribution >= 0.6 is 0 Å². The summed E-state index contributed by atoms with van der Waals surface area (Å²) in [6.45, 7) is 10.2. The van der Waals surface area contributed by atoms with E-state index in [-0.39, 0.29) is 11.5 Å². The van der Waals surface area contributed by atoms with Gasteiger partial charge >= 0.3 is 0 Å². The third-order valence-corrected chi connectivity index (χ3v) is 3.32. The Labute approximate surface area is 89.2 Å². The normalized spacial score (nSPS) is 17.4. The van der Waals surface area contributed by atoms with E-state index in [1.54, 1.807) is 0 Å². The Hall–Kier alpha value is -0.300. The highest BCUT2D eigenvalue weighted by Crippen LogP contribution is 2.30. The molecule has 0 spiro atoms. The fourth-order valence-corrected chi connectivity index (χ4v) is 1.61. The van der Waals surface area contributed by atoms with Gasteiger partial charge in [-0.1, -0.05) is 52.5 Å². The quantitative estimate of drug-likeness (QED) is 0.463. The van der Waals surface area contributed by atoms with Crippen molar-refractivity contribution in [2.24, 2.45) is 5.41 Å². The first kappa shape index (κ1) is 13.7. The van der Waals surface area contributed by atoms with Crippen LogP contribution in [0.4, 0.5) is 0 Å². The molecule has 0 bridgehead atoms. The van der Waals surface area contributed by atoms with Crippen molar-refractivity contribution in [3.05, 3.63) is 12.7 Å². The Balaban J connectivity index is 3.81. The predicted molar refractivity (Wildman–Crippen MR) is 63.4 cm³/mol. The van der Waals surface area contributed by atoms with Crippen LogP contribution in [0.25, 0.3) is 0 Å². The summed E-state index contributed by atoms with van der Waals surface area (Å²) in [5, 5.41) is 10.00. The molecule has 0 aliphatic rings. The molecule has 84 valence electrons. The number of aliphatic hydroxyl groups is 1. The first-order valence-electron chi connectivity index (χ1n) is 5.92. The van der Waals surface area contributed by atoms with Crippen LogP contribution in [0.5, 0.6) is 0 Å². The molecule has 1 nitrogen and oxygen atoms in total. The van der Waals surface area contributed by atoms with E-state index >= 15 is 0 Å². The molecule has 0 unspecified atom stereocenters. The molecule has 0 radical (unpaired) electrons. The standard InChI is InChI=1S/C13H26O/c1-5-8-9-10-11-12(14)13(4,6-2)7-3/h6,12,14H,2,5,7-11H2,1,3-4H3/t12-,13-/m1/s1. The smallest absolute Gasteiger partial charge is 0.0628 e. The van der Waals surface area contributed by atoms with E-state index in [2.05, 4.69) is 27.4 Å². The third-order valence-electron chi connectivity index (χ3n) is 3.32. The minimum Gasteiger partial charge on any atom is -0.392 e. The highest BCUT2D eigenvalue weighted by molar-refractivity contribution is 4.95. The van der Waals surface area contributed by atoms with Gasteiger partial charge in [-0.25, -0.2) is 0 Å². The molecular weight excluding hydrogens is 172 g/mol.